The van der Waals surface area contributed by atoms with Crippen LogP contribution in [0.3, 0.4) is 0 Å². The van der Waals surface area contributed by atoms with Gasteiger partial charge in [0.2, 0.25) is 0 Å². The van der Waals surface area contributed by atoms with Crippen LogP contribution in [-0.2, 0) is 9.84 Å². The van der Waals surface area contributed by atoms with Crippen LogP contribution in [0.15, 0.2) is 34.9 Å². The molecule has 3 rings (SSSR count). The topological polar surface area (TPSA) is 79.6 Å². The summed E-state index contributed by atoms with van der Waals surface area (Å²) in [5, 5.41) is 3.81. The molecular formula is C16H20N2O4S. The number of furan rings is 1. The number of piperidine rings is 1. The van der Waals surface area contributed by atoms with Crippen LogP contribution in [0.5, 0.6) is 0 Å². The zero-order valence-electron chi connectivity index (χ0n) is 13.0. The predicted octanol–water partition coefficient (Wildman–Crippen LogP) is 2.86. The van der Waals surface area contributed by atoms with Gasteiger partial charge in [0.05, 0.1) is 12.0 Å². The highest BCUT2D eigenvalue weighted by atomic mass is 32.2. The summed E-state index contributed by atoms with van der Waals surface area (Å²) in [6.45, 7) is 0.578. The van der Waals surface area contributed by atoms with Gasteiger partial charge in [0.15, 0.2) is 0 Å². The zero-order valence-corrected chi connectivity index (χ0v) is 13.8. The summed E-state index contributed by atoms with van der Waals surface area (Å²) in [5.74, 6) is 0.0115. The normalized spacial score (nSPS) is 19.0. The summed E-state index contributed by atoms with van der Waals surface area (Å²) >= 11 is 0. The summed E-state index contributed by atoms with van der Waals surface area (Å²) in [4.78, 5) is 14.2. The Labute approximate surface area is 135 Å². The number of hydrogen-bond donors (Lipinski definition) is 1. The minimum absolute atomic E-state index is 0.0115. The minimum atomic E-state index is -3.12. The minimum Gasteiger partial charge on any atom is -0.464 e. The highest BCUT2D eigenvalue weighted by Crippen LogP contribution is 2.23. The smallest absolute Gasteiger partial charge is 0.322 e. The van der Waals surface area contributed by atoms with Gasteiger partial charge in [-0.2, -0.15) is 0 Å². The molecule has 1 aliphatic heterocycles. The monoisotopic (exact) mass is 336 g/mol. The van der Waals surface area contributed by atoms with Crippen LogP contribution in [0.1, 0.15) is 19.3 Å². The fourth-order valence-corrected chi connectivity index (χ4v) is 4.06. The summed E-state index contributed by atoms with van der Waals surface area (Å²) in [6, 6.07) is 6.79. The van der Waals surface area contributed by atoms with Gasteiger partial charge in [-0.15, -0.1) is 0 Å². The van der Waals surface area contributed by atoms with Crippen LogP contribution in [0.4, 0.5) is 10.5 Å². The lowest BCUT2D eigenvalue weighted by Gasteiger charge is -2.35. The average molecular weight is 336 g/mol. The second kappa shape index (κ2) is 6.23. The number of fused-ring (bicyclic) bond motifs is 1. The Bertz CT molecular complexity index is 812. The number of hydrogen-bond acceptors (Lipinski definition) is 4. The molecular weight excluding hydrogens is 316 g/mol. The Morgan fingerprint density at radius 1 is 1.35 bits per heavy atom. The highest BCUT2D eigenvalue weighted by molar-refractivity contribution is 7.90. The van der Waals surface area contributed by atoms with Crippen molar-refractivity contribution in [2.24, 2.45) is 0 Å². The van der Waals surface area contributed by atoms with Crippen molar-refractivity contribution in [2.45, 2.75) is 25.3 Å². The van der Waals surface area contributed by atoms with Gasteiger partial charge in [0, 0.05) is 36.0 Å². The molecule has 1 atom stereocenters. The van der Waals surface area contributed by atoms with E-state index in [1.165, 1.54) is 6.26 Å². The van der Waals surface area contributed by atoms with Gasteiger partial charge in [0.25, 0.3) is 0 Å². The number of carbonyl (C=O) groups is 1. The number of sulfone groups is 1. The van der Waals surface area contributed by atoms with Crippen molar-refractivity contribution in [1.82, 2.24) is 4.90 Å². The lowest BCUT2D eigenvalue weighted by Crippen LogP contribution is -2.48. The molecule has 0 saturated carbocycles. The first kappa shape index (κ1) is 15.9. The molecule has 1 N–H and O–H groups in total. The van der Waals surface area contributed by atoms with E-state index >= 15 is 0 Å². The Hall–Kier alpha value is -2.02. The number of amides is 2. The quantitative estimate of drug-likeness (QED) is 0.934. The van der Waals surface area contributed by atoms with Crippen LogP contribution in [0.25, 0.3) is 11.0 Å². The van der Waals surface area contributed by atoms with Crippen molar-refractivity contribution in [3.8, 4) is 0 Å². The summed E-state index contributed by atoms with van der Waals surface area (Å²) in [6.07, 6.45) is 5.37. The van der Waals surface area contributed by atoms with Crippen molar-refractivity contribution in [3.63, 3.8) is 0 Å². The number of urea groups is 1. The molecule has 1 saturated heterocycles. The third kappa shape index (κ3) is 3.85. The van der Waals surface area contributed by atoms with Crippen LogP contribution in [0.2, 0.25) is 0 Å². The molecule has 23 heavy (non-hydrogen) atoms. The van der Waals surface area contributed by atoms with Gasteiger partial charge in [-0.3, -0.25) is 0 Å². The van der Waals surface area contributed by atoms with E-state index in [0.29, 0.717) is 17.8 Å². The van der Waals surface area contributed by atoms with Crippen LogP contribution in [-0.4, -0.2) is 43.9 Å². The number of nitrogens with one attached hydrogen (secondary N) is 1. The molecule has 1 fully saturated rings. The molecule has 2 heterocycles. The van der Waals surface area contributed by atoms with E-state index in [0.717, 1.165) is 24.6 Å². The first-order valence-electron chi connectivity index (χ1n) is 7.65. The van der Waals surface area contributed by atoms with Crippen LogP contribution < -0.4 is 5.32 Å². The maximum absolute atomic E-state index is 12.5. The number of nitrogens with zero attached hydrogens (tertiary/aromatic N) is 1. The fourth-order valence-electron chi connectivity index (χ4n) is 3.02. The largest absolute Gasteiger partial charge is 0.464 e. The van der Waals surface area contributed by atoms with E-state index in [1.807, 2.05) is 18.2 Å². The van der Waals surface area contributed by atoms with Gasteiger partial charge in [-0.05, 0) is 37.5 Å². The van der Waals surface area contributed by atoms with Gasteiger partial charge in [-0.1, -0.05) is 0 Å². The SMILES string of the molecule is CS(=O)(=O)C[C@H]1CCCCN1C(=O)Nc1ccc2ccoc2c1. The van der Waals surface area contributed by atoms with E-state index in [-0.39, 0.29) is 17.8 Å². The first-order valence-corrected chi connectivity index (χ1v) is 9.71. The van der Waals surface area contributed by atoms with Crippen molar-refractivity contribution < 1.29 is 17.6 Å². The van der Waals surface area contributed by atoms with E-state index in [9.17, 15) is 13.2 Å². The molecule has 0 radical (unpaired) electrons. The Morgan fingerprint density at radius 3 is 2.96 bits per heavy atom. The zero-order chi connectivity index (χ0) is 16.4. The molecule has 0 aliphatic carbocycles. The first-order chi connectivity index (χ1) is 10.9. The van der Waals surface area contributed by atoms with Gasteiger partial charge in [0.1, 0.15) is 15.4 Å². The molecule has 6 nitrogen and oxygen atoms in total. The molecule has 7 heteroatoms. The molecule has 124 valence electrons. The lowest BCUT2D eigenvalue weighted by molar-refractivity contribution is 0.171. The van der Waals surface area contributed by atoms with E-state index < -0.39 is 9.84 Å². The third-order valence-electron chi connectivity index (χ3n) is 4.09. The van der Waals surface area contributed by atoms with Crippen molar-refractivity contribution in [1.29, 1.82) is 0 Å². The molecule has 1 aliphatic rings. The Morgan fingerprint density at radius 2 is 2.17 bits per heavy atom. The predicted molar refractivity (Wildman–Crippen MR) is 89.3 cm³/mol. The molecule has 0 spiro atoms. The van der Waals surface area contributed by atoms with Crippen LogP contribution in [0, 0.1) is 0 Å². The van der Waals surface area contributed by atoms with Crippen molar-refractivity contribution >= 4 is 32.5 Å². The molecule has 1 aromatic heterocycles. The number of benzene rings is 1. The number of likely N-dealkylation sites (tertiary alicyclic amines) is 1. The van der Waals surface area contributed by atoms with E-state index in [4.69, 9.17) is 4.42 Å². The summed E-state index contributed by atoms with van der Waals surface area (Å²) in [7, 11) is -3.12. The lowest BCUT2D eigenvalue weighted by atomic mass is 10.0. The molecule has 2 amide bonds. The van der Waals surface area contributed by atoms with Gasteiger partial charge < -0.3 is 14.6 Å². The second-order valence-corrected chi connectivity index (χ2v) is 8.22. The van der Waals surface area contributed by atoms with Crippen molar-refractivity contribution in [2.75, 3.05) is 23.9 Å². The molecule has 0 bridgehead atoms. The highest BCUT2D eigenvalue weighted by Gasteiger charge is 2.29. The summed E-state index contributed by atoms with van der Waals surface area (Å²) in [5.41, 5.74) is 1.34. The fraction of sp³-hybridized carbons (Fsp3) is 0.438. The second-order valence-electron chi connectivity index (χ2n) is 6.04. The number of anilines is 1. The van der Waals surface area contributed by atoms with Crippen molar-refractivity contribution in [3.05, 3.63) is 30.5 Å². The standard InChI is InChI=1S/C16H20N2O4S/c1-23(20,21)11-14-4-2-3-8-18(14)16(19)17-13-6-5-12-7-9-22-15(12)10-13/h5-7,9-10,14H,2-4,8,11H2,1H3,(H,17,19)/t14-/m1/s1. The van der Waals surface area contributed by atoms with Crippen LogP contribution >= 0.6 is 0 Å². The maximum Gasteiger partial charge on any atom is 0.322 e. The average Bonchev–Trinajstić information content (AvgIpc) is 2.93. The number of rotatable bonds is 3. The molecule has 2 aromatic rings. The molecule has 1 aromatic carbocycles. The van der Waals surface area contributed by atoms with Gasteiger partial charge >= 0.3 is 6.03 Å². The molecule has 0 unspecified atom stereocenters. The van der Waals surface area contributed by atoms with Gasteiger partial charge in [-0.25, -0.2) is 13.2 Å². The Kier molecular flexibility index (Phi) is 4.30. The van der Waals surface area contributed by atoms with E-state index in [2.05, 4.69) is 5.32 Å². The Balaban J connectivity index is 1.74. The third-order valence-corrected chi connectivity index (χ3v) is 5.08. The maximum atomic E-state index is 12.5. The van der Waals surface area contributed by atoms with E-state index in [1.54, 1.807) is 17.2 Å². The summed E-state index contributed by atoms with van der Waals surface area (Å²) < 4.78 is 28.5. The number of carbonyl (C=O) groups excluding carboxylic acids is 1.